The van der Waals surface area contributed by atoms with Crippen molar-refractivity contribution in [3.05, 3.63) is 22.0 Å². The lowest BCUT2D eigenvalue weighted by Crippen LogP contribution is -2.03. The number of hydrogen-bond acceptors (Lipinski definition) is 3. The van der Waals surface area contributed by atoms with Crippen LogP contribution in [0.1, 0.15) is 6.42 Å². The van der Waals surface area contributed by atoms with E-state index in [1.54, 1.807) is 7.11 Å². The Bertz CT molecular complexity index is 455. The van der Waals surface area contributed by atoms with Gasteiger partial charge in [-0.2, -0.15) is 5.10 Å². The second kappa shape index (κ2) is 4.89. The number of halogens is 1. The molecule has 0 aromatic carbocycles. The van der Waals surface area contributed by atoms with Gasteiger partial charge in [0.2, 0.25) is 0 Å². The highest BCUT2D eigenvalue weighted by Gasteiger charge is 2.06. The third kappa shape index (κ3) is 2.28. The van der Waals surface area contributed by atoms with Crippen LogP contribution in [0.4, 0.5) is 0 Å². The van der Waals surface area contributed by atoms with Crippen molar-refractivity contribution in [1.82, 2.24) is 14.8 Å². The number of fused-ring (bicyclic) bond motifs is 1. The first-order valence-corrected chi connectivity index (χ1v) is 5.86. The lowest BCUT2D eigenvalue weighted by molar-refractivity contribution is 0.189. The molecule has 0 saturated carbocycles. The van der Waals surface area contributed by atoms with E-state index in [9.17, 15) is 0 Å². The Morgan fingerprint density at radius 1 is 1.53 bits per heavy atom. The van der Waals surface area contributed by atoms with Crippen LogP contribution in [0, 0.1) is 3.57 Å². The molecule has 5 heteroatoms. The summed E-state index contributed by atoms with van der Waals surface area (Å²) in [5.41, 5.74) is 2.08. The number of nitrogens with zero attached hydrogens (tertiary/aromatic N) is 3. The lowest BCUT2D eigenvalue weighted by atomic mass is 10.4. The van der Waals surface area contributed by atoms with Crippen LogP contribution >= 0.6 is 22.6 Å². The first-order valence-electron chi connectivity index (χ1n) is 4.78. The number of aryl methyl sites for hydroxylation is 1. The highest BCUT2D eigenvalue weighted by molar-refractivity contribution is 14.1. The van der Waals surface area contributed by atoms with Crippen molar-refractivity contribution in [1.29, 1.82) is 0 Å². The minimum absolute atomic E-state index is 0.762. The van der Waals surface area contributed by atoms with Crippen LogP contribution < -0.4 is 0 Å². The van der Waals surface area contributed by atoms with E-state index in [2.05, 4.69) is 32.7 Å². The van der Waals surface area contributed by atoms with E-state index < -0.39 is 0 Å². The quantitative estimate of drug-likeness (QED) is 0.640. The Hall–Kier alpha value is -0.690. The van der Waals surface area contributed by atoms with E-state index in [0.717, 1.165) is 30.6 Å². The van der Waals surface area contributed by atoms with Crippen LogP contribution in [0.3, 0.4) is 0 Å². The van der Waals surface area contributed by atoms with E-state index in [1.807, 2.05) is 23.1 Å². The van der Waals surface area contributed by atoms with Gasteiger partial charge in [0.25, 0.3) is 0 Å². The van der Waals surface area contributed by atoms with Gasteiger partial charge < -0.3 is 4.74 Å². The van der Waals surface area contributed by atoms with Crippen LogP contribution in [-0.2, 0) is 11.3 Å². The fraction of sp³-hybridized carbons (Fsp3) is 0.400. The zero-order valence-electron chi connectivity index (χ0n) is 8.48. The van der Waals surface area contributed by atoms with Crippen LogP contribution in [0.2, 0.25) is 0 Å². The van der Waals surface area contributed by atoms with Crippen molar-refractivity contribution in [3.8, 4) is 0 Å². The van der Waals surface area contributed by atoms with Gasteiger partial charge in [-0.3, -0.25) is 9.67 Å². The summed E-state index contributed by atoms with van der Waals surface area (Å²) < 4.78 is 8.20. The maximum atomic E-state index is 5.02. The Morgan fingerprint density at radius 3 is 3.20 bits per heavy atom. The van der Waals surface area contributed by atoms with Gasteiger partial charge in [0.1, 0.15) is 11.0 Å². The molecule has 0 bridgehead atoms. The maximum Gasteiger partial charge on any atom is 0.109 e. The number of rotatable bonds is 4. The predicted molar refractivity (Wildman–Crippen MR) is 66.7 cm³/mol. The topological polar surface area (TPSA) is 39.9 Å². The summed E-state index contributed by atoms with van der Waals surface area (Å²) in [6.07, 6.45) is 4.59. The molecule has 2 aromatic heterocycles. The zero-order valence-corrected chi connectivity index (χ0v) is 10.6. The lowest BCUT2D eigenvalue weighted by Gasteiger charge is -2.03. The summed E-state index contributed by atoms with van der Waals surface area (Å²) in [4.78, 5) is 4.27. The molecule has 2 heterocycles. The van der Waals surface area contributed by atoms with Crippen molar-refractivity contribution in [2.45, 2.75) is 13.0 Å². The van der Waals surface area contributed by atoms with Gasteiger partial charge in [-0.1, -0.05) is 0 Å². The Labute approximate surface area is 102 Å². The molecule has 0 unspecified atom stereocenters. The summed E-state index contributed by atoms with van der Waals surface area (Å²) in [6, 6.07) is 2.00. The second-order valence-corrected chi connectivity index (χ2v) is 4.40. The zero-order chi connectivity index (χ0) is 10.7. The predicted octanol–water partition coefficient (Wildman–Crippen LogP) is 2.07. The summed E-state index contributed by atoms with van der Waals surface area (Å²) in [7, 11) is 1.71. The van der Waals surface area contributed by atoms with E-state index in [0.29, 0.717) is 0 Å². The summed E-state index contributed by atoms with van der Waals surface area (Å²) in [5.74, 6) is 0. The molecule has 0 aliphatic heterocycles. The molecule has 0 atom stereocenters. The molecular formula is C10H12IN3O. The van der Waals surface area contributed by atoms with E-state index in [-0.39, 0.29) is 0 Å². The second-order valence-electron chi connectivity index (χ2n) is 3.24. The first kappa shape index (κ1) is 10.8. The van der Waals surface area contributed by atoms with Crippen LogP contribution in [-0.4, -0.2) is 28.5 Å². The fourth-order valence-electron chi connectivity index (χ4n) is 1.51. The van der Waals surface area contributed by atoms with Gasteiger partial charge in [0.05, 0.1) is 6.20 Å². The van der Waals surface area contributed by atoms with Crippen LogP contribution in [0.25, 0.3) is 11.0 Å². The van der Waals surface area contributed by atoms with Crippen molar-refractivity contribution in [2.24, 2.45) is 0 Å². The van der Waals surface area contributed by atoms with Crippen LogP contribution in [0.15, 0.2) is 18.5 Å². The molecule has 80 valence electrons. The van der Waals surface area contributed by atoms with Crippen molar-refractivity contribution >= 4 is 33.6 Å². The molecule has 2 aromatic rings. The highest BCUT2D eigenvalue weighted by atomic mass is 127. The van der Waals surface area contributed by atoms with Gasteiger partial charge in [-0.15, -0.1) is 0 Å². The molecule has 0 amide bonds. The molecule has 0 radical (unpaired) electrons. The smallest absolute Gasteiger partial charge is 0.109 e. The van der Waals surface area contributed by atoms with Gasteiger partial charge in [-0.25, -0.2) is 0 Å². The van der Waals surface area contributed by atoms with E-state index in [1.165, 1.54) is 3.57 Å². The van der Waals surface area contributed by atoms with E-state index >= 15 is 0 Å². The number of hydrogen-bond donors (Lipinski definition) is 0. The maximum absolute atomic E-state index is 5.02. The monoisotopic (exact) mass is 317 g/mol. The molecule has 0 spiro atoms. The largest absolute Gasteiger partial charge is 0.385 e. The Balaban J connectivity index is 2.27. The molecule has 15 heavy (non-hydrogen) atoms. The average Bonchev–Trinajstić information content (AvgIpc) is 2.63. The molecule has 0 aliphatic carbocycles. The number of aromatic nitrogens is 3. The number of ether oxygens (including phenoxy) is 1. The number of pyridine rings is 1. The highest BCUT2D eigenvalue weighted by Crippen LogP contribution is 2.18. The van der Waals surface area contributed by atoms with Crippen LogP contribution in [0.5, 0.6) is 0 Å². The minimum atomic E-state index is 0.762. The molecular weight excluding hydrogens is 305 g/mol. The van der Waals surface area contributed by atoms with Gasteiger partial charge >= 0.3 is 0 Å². The minimum Gasteiger partial charge on any atom is -0.385 e. The third-order valence-corrected chi connectivity index (χ3v) is 3.07. The molecule has 0 fully saturated rings. The first-order chi connectivity index (χ1) is 7.33. The average molecular weight is 317 g/mol. The summed E-state index contributed by atoms with van der Waals surface area (Å²) >= 11 is 2.31. The normalized spacial score (nSPS) is 11.1. The van der Waals surface area contributed by atoms with Gasteiger partial charge in [0.15, 0.2) is 0 Å². The summed E-state index contributed by atoms with van der Waals surface area (Å²) in [6.45, 7) is 1.64. The Kier molecular flexibility index (Phi) is 3.53. The standard InChI is InChI=1S/C10H12IN3O/c1-15-6-2-5-14-10-8(11)3-4-12-9(10)7-13-14/h3-4,7H,2,5-6H2,1H3. The third-order valence-electron chi connectivity index (χ3n) is 2.20. The fourth-order valence-corrected chi connectivity index (χ4v) is 2.22. The molecule has 4 nitrogen and oxygen atoms in total. The van der Waals surface area contributed by atoms with Crippen molar-refractivity contribution in [3.63, 3.8) is 0 Å². The molecule has 0 saturated heterocycles. The summed E-state index contributed by atoms with van der Waals surface area (Å²) in [5, 5.41) is 4.32. The molecule has 2 rings (SSSR count). The number of methoxy groups -OCH3 is 1. The van der Waals surface area contributed by atoms with Gasteiger partial charge in [-0.05, 0) is 35.1 Å². The van der Waals surface area contributed by atoms with Crippen molar-refractivity contribution in [2.75, 3.05) is 13.7 Å². The molecule has 0 aliphatic rings. The van der Waals surface area contributed by atoms with Crippen molar-refractivity contribution < 1.29 is 4.74 Å². The Morgan fingerprint density at radius 2 is 2.40 bits per heavy atom. The van der Waals surface area contributed by atoms with Gasteiger partial charge in [0, 0.05) is 30.0 Å². The SMILES string of the molecule is COCCCn1ncc2nccc(I)c21. The van der Waals surface area contributed by atoms with E-state index in [4.69, 9.17) is 4.74 Å². The molecule has 0 N–H and O–H groups in total.